The molecule has 1 aromatic carbocycles. The molecule has 0 saturated carbocycles. The van der Waals surface area contributed by atoms with Gasteiger partial charge in [0, 0.05) is 12.1 Å². The van der Waals surface area contributed by atoms with Crippen LogP contribution >= 0.6 is 34.3 Å². The summed E-state index contributed by atoms with van der Waals surface area (Å²) in [6, 6.07) is 7.62. The fourth-order valence-corrected chi connectivity index (χ4v) is 4.29. The molecular formula is C16H12ClN3O4S2. The number of nitrogens with zero attached hydrogens (tertiary/aromatic N) is 2. The van der Waals surface area contributed by atoms with Crippen LogP contribution in [-0.2, 0) is 0 Å². The molecule has 0 unspecified atom stereocenters. The van der Waals surface area contributed by atoms with E-state index in [1.807, 2.05) is 6.07 Å². The van der Waals surface area contributed by atoms with E-state index in [1.54, 1.807) is 13.0 Å². The van der Waals surface area contributed by atoms with Crippen molar-refractivity contribution < 1.29 is 14.5 Å². The molecular weight excluding hydrogens is 398 g/mol. The summed E-state index contributed by atoms with van der Waals surface area (Å²) in [5.74, 6) is -0.0796. The van der Waals surface area contributed by atoms with E-state index in [9.17, 15) is 14.9 Å². The SMILES string of the molecule is COc1ccc([N+](=O)[O-])cc1NC(=O)c1sc(-c2ccc(Cl)s2)nc1C. The van der Waals surface area contributed by atoms with Crippen LogP contribution in [0.15, 0.2) is 30.3 Å². The molecule has 1 N–H and O–H groups in total. The molecule has 0 fully saturated rings. The molecule has 2 aromatic heterocycles. The number of amides is 1. The molecule has 0 aliphatic carbocycles. The first kappa shape index (κ1) is 18.3. The van der Waals surface area contributed by atoms with Gasteiger partial charge in [0.25, 0.3) is 11.6 Å². The average molecular weight is 410 g/mol. The van der Waals surface area contributed by atoms with Crippen molar-refractivity contribution in [3.05, 3.63) is 55.4 Å². The van der Waals surface area contributed by atoms with Crippen LogP contribution in [0.3, 0.4) is 0 Å². The zero-order chi connectivity index (χ0) is 18.8. The molecule has 0 radical (unpaired) electrons. The van der Waals surface area contributed by atoms with Crippen LogP contribution in [0.2, 0.25) is 4.34 Å². The predicted molar refractivity (Wildman–Crippen MR) is 103 cm³/mol. The highest BCUT2D eigenvalue weighted by atomic mass is 35.5. The van der Waals surface area contributed by atoms with Gasteiger partial charge < -0.3 is 10.1 Å². The van der Waals surface area contributed by atoms with Gasteiger partial charge in [-0.1, -0.05) is 11.6 Å². The highest BCUT2D eigenvalue weighted by Crippen LogP contribution is 2.36. The number of ether oxygens (including phenoxy) is 1. The molecule has 0 saturated heterocycles. The van der Waals surface area contributed by atoms with Crippen molar-refractivity contribution >= 4 is 51.6 Å². The molecule has 7 nitrogen and oxygen atoms in total. The minimum absolute atomic E-state index is 0.143. The van der Waals surface area contributed by atoms with Gasteiger partial charge in [0.05, 0.1) is 32.6 Å². The number of hydrogen-bond acceptors (Lipinski definition) is 7. The Balaban J connectivity index is 1.90. The maximum absolute atomic E-state index is 12.6. The quantitative estimate of drug-likeness (QED) is 0.472. The number of benzene rings is 1. The van der Waals surface area contributed by atoms with Gasteiger partial charge in [-0.2, -0.15) is 0 Å². The summed E-state index contributed by atoms with van der Waals surface area (Å²) in [6.07, 6.45) is 0. The fourth-order valence-electron chi connectivity index (χ4n) is 2.23. The normalized spacial score (nSPS) is 10.6. The third-order valence-electron chi connectivity index (χ3n) is 3.43. The van der Waals surface area contributed by atoms with Crippen molar-refractivity contribution in [3.63, 3.8) is 0 Å². The monoisotopic (exact) mass is 409 g/mol. The second-order valence-electron chi connectivity index (χ2n) is 5.13. The summed E-state index contributed by atoms with van der Waals surface area (Å²) in [4.78, 5) is 28.8. The number of carbonyl (C=O) groups is 1. The smallest absolute Gasteiger partial charge is 0.271 e. The lowest BCUT2D eigenvalue weighted by atomic mass is 10.2. The van der Waals surface area contributed by atoms with Crippen LogP contribution in [0.4, 0.5) is 11.4 Å². The predicted octanol–water partition coefficient (Wildman–Crippen LogP) is 5.00. The molecule has 3 aromatic rings. The Morgan fingerprint density at radius 1 is 1.31 bits per heavy atom. The van der Waals surface area contributed by atoms with Gasteiger partial charge in [0.15, 0.2) is 0 Å². The second-order valence-corrected chi connectivity index (χ2v) is 7.85. The van der Waals surface area contributed by atoms with Gasteiger partial charge in [0.1, 0.15) is 15.6 Å². The molecule has 0 bridgehead atoms. The number of methoxy groups -OCH3 is 1. The number of halogens is 1. The maximum atomic E-state index is 12.6. The summed E-state index contributed by atoms with van der Waals surface area (Å²) in [7, 11) is 1.42. The summed E-state index contributed by atoms with van der Waals surface area (Å²) in [5, 5.41) is 14.3. The molecule has 1 amide bonds. The largest absolute Gasteiger partial charge is 0.495 e. The number of carbonyl (C=O) groups excluding carboxylic acids is 1. The van der Waals surface area contributed by atoms with E-state index in [2.05, 4.69) is 10.3 Å². The number of nitro benzene ring substituents is 1. The zero-order valence-corrected chi connectivity index (χ0v) is 16.0. The van der Waals surface area contributed by atoms with Gasteiger partial charge in [0.2, 0.25) is 0 Å². The summed E-state index contributed by atoms with van der Waals surface area (Å²) in [5.41, 5.74) is 0.646. The highest BCUT2D eigenvalue weighted by Gasteiger charge is 2.20. The number of nitrogens with one attached hydrogen (secondary N) is 1. The number of aromatic nitrogens is 1. The minimum Gasteiger partial charge on any atom is -0.495 e. The molecule has 0 aliphatic heterocycles. The third-order valence-corrected chi connectivity index (χ3v) is 5.99. The van der Waals surface area contributed by atoms with E-state index in [-0.39, 0.29) is 11.4 Å². The second kappa shape index (κ2) is 7.40. The first-order chi connectivity index (χ1) is 12.4. The zero-order valence-electron chi connectivity index (χ0n) is 13.6. The van der Waals surface area contributed by atoms with E-state index in [4.69, 9.17) is 16.3 Å². The Kier molecular flexibility index (Phi) is 5.21. The lowest BCUT2D eigenvalue weighted by molar-refractivity contribution is -0.384. The Morgan fingerprint density at radius 2 is 2.08 bits per heavy atom. The number of hydrogen-bond donors (Lipinski definition) is 1. The van der Waals surface area contributed by atoms with Crippen molar-refractivity contribution in [1.29, 1.82) is 0 Å². The summed E-state index contributed by atoms with van der Waals surface area (Å²) >= 11 is 8.56. The number of anilines is 1. The highest BCUT2D eigenvalue weighted by molar-refractivity contribution is 7.24. The van der Waals surface area contributed by atoms with Crippen LogP contribution in [0.5, 0.6) is 5.75 Å². The van der Waals surface area contributed by atoms with E-state index >= 15 is 0 Å². The van der Waals surface area contributed by atoms with Crippen LogP contribution in [-0.4, -0.2) is 22.9 Å². The Hall–Kier alpha value is -2.49. The van der Waals surface area contributed by atoms with Crippen LogP contribution in [0.25, 0.3) is 9.88 Å². The molecule has 2 heterocycles. The number of rotatable bonds is 5. The van der Waals surface area contributed by atoms with Gasteiger partial charge in [-0.05, 0) is 25.1 Å². The Bertz CT molecular complexity index is 999. The van der Waals surface area contributed by atoms with Crippen molar-refractivity contribution in [1.82, 2.24) is 4.98 Å². The van der Waals surface area contributed by atoms with Gasteiger partial charge >= 0.3 is 0 Å². The number of thiophene rings is 1. The van der Waals surface area contributed by atoms with Crippen LogP contribution in [0, 0.1) is 17.0 Å². The average Bonchev–Trinajstić information content (AvgIpc) is 3.20. The number of non-ortho nitro benzene ring substituents is 1. The van der Waals surface area contributed by atoms with Crippen molar-refractivity contribution in [2.24, 2.45) is 0 Å². The number of nitro groups is 1. The number of aryl methyl sites for hydroxylation is 1. The molecule has 0 spiro atoms. The first-order valence-electron chi connectivity index (χ1n) is 7.26. The van der Waals surface area contributed by atoms with E-state index in [0.717, 1.165) is 4.88 Å². The molecule has 3 rings (SSSR count). The summed E-state index contributed by atoms with van der Waals surface area (Å²) < 4.78 is 5.80. The lowest BCUT2D eigenvalue weighted by Gasteiger charge is -2.09. The van der Waals surface area contributed by atoms with E-state index < -0.39 is 10.8 Å². The summed E-state index contributed by atoms with van der Waals surface area (Å²) in [6.45, 7) is 1.73. The Morgan fingerprint density at radius 3 is 2.69 bits per heavy atom. The topological polar surface area (TPSA) is 94.4 Å². The molecule has 10 heteroatoms. The Labute approximate surface area is 161 Å². The molecule has 0 aliphatic rings. The van der Waals surface area contributed by atoms with Crippen molar-refractivity contribution in [2.45, 2.75) is 6.92 Å². The van der Waals surface area contributed by atoms with Crippen molar-refractivity contribution in [3.8, 4) is 15.6 Å². The van der Waals surface area contributed by atoms with Crippen LogP contribution < -0.4 is 10.1 Å². The minimum atomic E-state index is -0.536. The number of thiazole rings is 1. The van der Waals surface area contributed by atoms with E-state index in [0.29, 0.717) is 25.7 Å². The van der Waals surface area contributed by atoms with Gasteiger partial charge in [-0.3, -0.25) is 14.9 Å². The lowest BCUT2D eigenvalue weighted by Crippen LogP contribution is -2.12. The van der Waals surface area contributed by atoms with E-state index in [1.165, 1.54) is 48.0 Å². The van der Waals surface area contributed by atoms with Gasteiger partial charge in [-0.15, -0.1) is 22.7 Å². The van der Waals surface area contributed by atoms with Gasteiger partial charge in [-0.25, -0.2) is 4.98 Å². The van der Waals surface area contributed by atoms with Crippen molar-refractivity contribution in [2.75, 3.05) is 12.4 Å². The standard InChI is InChI=1S/C16H12ClN3O4S2/c1-8-14(26-16(18-8)12-5-6-13(17)25-12)15(21)19-10-7-9(20(22)23)3-4-11(10)24-2/h3-7H,1-2H3,(H,19,21). The maximum Gasteiger partial charge on any atom is 0.271 e. The van der Waals surface area contributed by atoms with Crippen LogP contribution in [0.1, 0.15) is 15.4 Å². The third kappa shape index (κ3) is 3.69. The first-order valence-corrected chi connectivity index (χ1v) is 9.27. The molecule has 134 valence electrons. The fraction of sp³-hybridized carbons (Fsp3) is 0.125. The molecule has 0 atom stereocenters. The molecule has 26 heavy (non-hydrogen) atoms.